The van der Waals surface area contributed by atoms with Crippen LogP contribution in [0.1, 0.15) is 37.8 Å². The Hall–Kier alpha value is -0.980. The van der Waals surface area contributed by atoms with Gasteiger partial charge in [-0.3, -0.25) is 10.1 Å². The largest absolute Gasteiger partial charge is 0.373 e. The molecule has 110 valence electrons. The number of ether oxygens (including phenoxy) is 2. The highest BCUT2D eigenvalue weighted by molar-refractivity contribution is 7.16. The molecule has 1 aliphatic heterocycles. The van der Waals surface area contributed by atoms with Crippen molar-refractivity contribution in [1.82, 2.24) is 4.98 Å². The Bertz CT molecular complexity index is 526. The summed E-state index contributed by atoms with van der Waals surface area (Å²) in [6.07, 6.45) is 1.42. The van der Waals surface area contributed by atoms with Crippen molar-refractivity contribution >= 4 is 22.4 Å². The van der Waals surface area contributed by atoms with Crippen LogP contribution in [0.3, 0.4) is 0 Å². The van der Waals surface area contributed by atoms with E-state index in [1.807, 2.05) is 6.92 Å². The van der Waals surface area contributed by atoms with Crippen LogP contribution < -0.4 is 5.32 Å². The number of aryl methyl sites for hydroxylation is 1. The van der Waals surface area contributed by atoms with Crippen molar-refractivity contribution < 1.29 is 14.3 Å². The van der Waals surface area contributed by atoms with E-state index in [4.69, 9.17) is 9.47 Å². The Labute approximate surface area is 122 Å². The molecule has 0 bridgehead atoms. The van der Waals surface area contributed by atoms with Crippen molar-refractivity contribution in [1.29, 1.82) is 0 Å². The second-order valence-electron chi connectivity index (χ2n) is 6.03. The number of aromatic nitrogens is 1. The molecule has 6 heteroatoms. The molecule has 2 atom stereocenters. The monoisotopic (exact) mass is 296 g/mol. The van der Waals surface area contributed by atoms with Gasteiger partial charge in [-0.1, -0.05) is 13.8 Å². The minimum absolute atomic E-state index is 0.118. The molecule has 0 spiro atoms. The molecule has 1 aromatic rings. The van der Waals surface area contributed by atoms with Gasteiger partial charge in [0.15, 0.2) is 11.2 Å². The van der Waals surface area contributed by atoms with Gasteiger partial charge in [0, 0.05) is 10.3 Å². The molecule has 0 unspecified atom stereocenters. The molecule has 1 N–H and O–H groups in total. The molecule has 3 rings (SSSR count). The number of nitrogens with zero attached hydrogens (tertiary/aromatic N) is 1. The smallest absolute Gasteiger partial charge is 0.257 e. The summed E-state index contributed by atoms with van der Waals surface area (Å²) >= 11 is 1.58. The lowest BCUT2D eigenvalue weighted by molar-refractivity contribution is -0.157. The Morgan fingerprint density at radius 1 is 1.40 bits per heavy atom. The van der Waals surface area contributed by atoms with Crippen LogP contribution >= 0.6 is 11.3 Å². The lowest BCUT2D eigenvalue weighted by atomic mass is 9.91. The maximum Gasteiger partial charge on any atom is 0.257 e. The van der Waals surface area contributed by atoms with Crippen molar-refractivity contribution in [2.45, 2.75) is 51.2 Å². The first-order valence-corrected chi connectivity index (χ1v) is 7.83. The number of hydrogen-bond acceptors (Lipinski definition) is 5. The number of hydrogen-bond donors (Lipinski definition) is 1. The molecule has 0 radical (unpaired) electrons. The van der Waals surface area contributed by atoms with Gasteiger partial charge >= 0.3 is 0 Å². The Balaban J connectivity index is 1.71. The first-order valence-electron chi connectivity index (χ1n) is 7.01. The van der Waals surface area contributed by atoms with E-state index in [9.17, 15) is 4.79 Å². The number of amides is 1. The first-order chi connectivity index (χ1) is 9.47. The zero-order valence-corrected chi connectivity index (χ0v) is 12.9. The molecular formula is C14H20N2O3S. The summed E-state index contributed by atoms with van der Waals surface area (Å²) in [7, 11) is 0. The molecule has 0 aromatic carbocycles. The molecular weight excluding hydrogens is 276 g/mol. The fourth-order valence-corrected chi connectivity index (χ4v) is 3.89. The summed E-state index contributed by atoms with van der Waals surface area (Å²) in [5.74, 6) is -0.164. The summed E-state index contributed by atoms with van der Waals surface area (Å²) < 4.78 is 10.9. The van der Waals surface area contributed by atoms with Crippen molar-refractivity contribution in [2.75, 3.05) is 18.5 Å². The van der Waals surface area contributed by atoms with Crippen LogP contribution in [0.2, 0.25) is 0 Å². The number of rotatable bonds is 2. The van der Waals surface area contributed by atoms with E-state index < -0.39 is 6.10 Å². The molecule has 1 aromatic heterocycles. The van der Waals surface area contributed by atoms with E-state index >= 15 is 0 Å². The van der Waals surface area contributed by atoms with Gasteiger partial charge in [-0.2, -0.15) is 0 Å². The van der Waals surface area contributed by atoms with Gasteiger partial charge in [0.1, 0.15) is 0 Å². The third kappa shape index (κ3) is 2.47. The molecule has 1 saturated heterocycles. The first kappa shape index (κ1) is 14.0. The highest BCUT2D eigenvalue weighted by Crippen LogP contribution is 2.42. The zero-order chi connectivity index (χ0) is 14.3. The van der Waals surface area contributed by atoms with Gasteiger partial charge in [-0.15, -0.1) is 11.3 Å². The average molecular weight is 296 g/mol. The lowest BCUT2D eigenvalue weighted by Gasteiger charge is -2.27. The highest BCUT2D eigenvalue weighted by Gasteiger charge is 2.35. The predicted octanol–water partition coefficient (Wildman–Crippen LogP) is 2.11. The molecule has 2 heterocycles. The van der Waals surface area contributed by atoms with E-state index in [1.165, 1.54) is 4.88 Å². The third-order valence-corrected chi connectivity index (χ3v) is 5.02. The molecule has 2 aliphatic rings. The molecule has 5 nitrogen and oxygen atoms in total. The van der Waals surface area contributed by atoms with Crippen LogP contribution in [0.15, 0.2) is 0 Å². The summed E-state index contributed by atoms with van der Waals surface area (Å²) in [5.41, 5.74) is 1.25. The highest BCUT2D eigenvalue weighted by atomic mass is 32.1. The van der Waals surface area contributed by atoms with Crippen LogP contribution in [-0.2, 0) is 26.1 Å². The van der Waals surface area contributed by atoms with Crippen molar-refractivity contribution in [3.05, 3.63) is 10.6 Å². The quantitative estimate of drug-likeness (QED) is 0.908. The maximum atomic E-state index is 12.2. The van der Waals surface area contributed by atoms with Crippen LogP contribution in [0.5, 0.6) is 0 Å². The summed E-state index contributed by atoms with van der Waals surface area (Å²) in [6, 6.07) is 0. The summed E-state index contributed by atoms with van der Waals surface area (Å²) in [6.45, 7) is 7.26. The molecule has 0 saturated carbocycles. The minimum Gasteiger partial charge on any atom is -0.373 e. The maximum absolute atomic E-state index is 12.2. The lowest BCUT2D eigenvalue weighted by Crippen LogP contribution is -2.44. The Morgan fingerprint density at radius 2 is 2.15 bits per heavy atom. The van der Waals surface area contributed by atoms with Crippen molar-refractivity contribution in [3.63, 3.8) is 0 Å². The van der Waals surface area contributed by atoms with Crippen LogP contribution in [-0.4, -0.2) is 36.3 Å². The molecule has 20 heavy (non-hydrogen) atoms. The molecule has 1 amide bonds. The van der Waals surface area contributed by atoms with E-state index in [-0.39, 0.29) is 17.4 Å². The molecule has 1 fully saturated rings. The zero-order valence-electron chi connectivity index (χ0n) is 12.1. The standard InChI is InChI=1S/C14H20N2O3S/c1-8-10(19-7-6-18-8)12(17)16-13-15-11-9(20-13)4-5-14(11,2)3/h8,10H,4-7H2,1-3H3,(H,15,16,17)/t8-,10-/m0/s1. The number of nitrogens with one attached hydrogen (secondary N) is 1. The second kappa shape index (κ2) is 5.09. The topological polar surface area (TPSA) is 60.5 Å². The van der Waals surface area contributed by atoms with E-state index in [1.54, 1.807) is 11.3 Å². The van der Waals surface area contributed by atoms with Gasteiger partial charge in [-0.05, 0) is 19.8 Å². The molecule has 1 aliphatic carbocycles. The number of carbonyl (C=O) groups is 1. The average Bonchev–Trinajstić information content (AvgIpc) is 2.91. The van der Waals surface area contributed by atoms with E-state index in [0.29, 0.717) is 18.3 Å². The van der Waals surface area contributed by atoms with Crippen molar-refractivity contribution in [2.24, 2.45) is 0 Å². The van der Waals surface area contributed by atoms with Gasteiger partial charge < -0.3 is 9.47 Å². The van der Waals surface area contributed by atoms with E-state index in [0.717, 1.165) is 18.5 Å². The number of thiazole rings is 1. The predicted molar refractivity (Wildman–Crippen MR) is 77.2 cm³/mol. The second-order valence-corrected chi connectivity index (χ2v) is 7.11. The normalized spacial score (nSPS) is 28.1. The van der Waals surface area contributed by atoms with Crippen LogP contribution in [0.4, 0.5) is 5.13 Å². The Morgan fingerprint density at radius 3 is 2.85 bits per heavy atom. The van der Waals surface area contributed by atoms with Gasteiger partial charge in [0.2, 0.25) is 0 Å². The van der Waals surface area contributed by atoms with Crippen molar-refractivity contribution in [3.8, 4) is 0 Å². The number of anilines is 1. The van der Waals surface area contributed by atoms with Gasteiger partial charge in [-0.25, -0.2) is 4.98 Å². The summed E-state index contributed by atoms with van der Waals surface area (Å²) in [5, 5.41) is 3.55. The van der Waals surface area contributed by atoms with Gasteiger partial charge in [0.25, 0.3) is 5.91 Å². The third-order valence-electron chi connectivity index (χ3n) is 3.99. The SMILES string of the molecule is C[C@@H]1OCCO[C@@H]1C(=O)Nc1nc2c(s1)CCC2(C)C. The van der Waals surface area contributed by atoms with Gasteiger partial charge in [0.05, 0.1) is 25.0 Å². The van der Waals surface area contributed by atoms with Crippen LogP contribution in [0.25, 0.3) is 0 Å². The minimum atomic E-state index is -0.546. The number of carbonyl (C=O) groups excluding carboxylic acids is 1. The fourth-order valence-electron chi connectivity index (χ4n) is 2.75. The number of fused-ring (bicyclic) bond motifs is 1. The Kier molecular flexibility index (Phi) is 3.56. The fraction of sp³-hybridized carbons (Fsp3) is 0.714. The van der Waals surface area contributed by atoms with E-state index in [2.05, 4.69) is 24.1 Å². The summed E-state index contributed by atoms with van der Waals surface area (Å²) in [4.78, 5) is 18.1. The van der Waals surface area contributed by atoms with Crippen LogP contribution in [0, 0.1) is 0 Å².